The normalized spacial score (nSPS) is 11.0. The number of fused-ring (bicyclic) bond motifs is 16. The number of carbonyl (C=O) groups is 8. The molecule has 0 saturated carbocycles. The molecule has 7 aromatic heterocycles. The van der Waals surface area contributed by atoms with Crippen LogP contribution in [0, 0.1) is 27.7 Å². The van der Waals surface area contributed by atoms with Gasteiger partial charge in [-0.2, -0.15) is 0 Å². The van der Waals surface area contributed by atoms with Gasteiger partial charge in [-0.05, 0) is 212 Å². The molecule has 122 heavy (non-hydrogen) atoms. The van der Waals surface area contributed by atoms with Crippen molar-refractivity contribution in [3.8, 4) is 44.5 Å². The molecule has 0 aliphatic rings. The summed E-state index contributed by atoms with van der Waals surface area (Å²) in [6.07, 6.45) is 0. The molecule has 0 aliphatic carbocycles. The highest BCUT2D eigenvalue weighted by Crippen LogP contribution is 2.41. The number of carbonyl (C=O) groups excluding carboxylic acids is 8. The summed E-state index contributed by atoms with van der Waals surface area (Å²) >= 11 is 2.92. The van der Waals surface area contributed by atoms with Crippen molar-refractivity contribution in [2.45, 2.75) is 83.1 Å². The van der Waals surface area contributed by atoms with Crippen LogP contribution in [0.4, 0.5) is 0 Å². The highest BCUT2D eigenvalue weighted by Gasteiger charge is 2.30. The number of benzene rings is 6. The Bertz CT molecular complexity index is 6060. The number of aromatic amines is 4. The van der Waals surface area contributed by atoms with E-state index in [-0.39, 0.29) is 117 Å². The number of hydrogen-bond donors (Lipinski definition) is 4. The van der Waals surface area contributed by atoms with Crippen molar-refractivity contribution in [2.24, 2.45) is 0 Å². The summed E-state index contributed by atoms with van der Waals surface area (Å²) in [4.78, 5) is 134. The Morgan fingerprint density at radius 3 is 0.574 bits per heavy atom. The smallest absolute Gasteiger partial charge is 0.346 e. The third-order valence-electron chi connectivity index (χ3n) is 20.2. The van der Waals surface area contributed by atoms with E-state index in [1.807, 2.05) is 173 Å². The first-order valence-electron chi connectivity index (χ1n) is 40.4. The third kappa shape index (κ3) is 18.4. The number of nitrogens with one attached hydrogen (secondary N) is 4. The van der Waals surface area contributed by atoms with E-state index in [2.05, 4.69) is 19.9 Å². The van der Waals surface area contributed by atoms with Gasteiger partial charge in [0, 0.05) is 106 Å². The predicted octanol–water partition coefficient (Wildman–Crippen LogP) is 18.4. The van der Waals surface area contributed by atoms with Crippen molar-refractivity contribution in [1.82, 2.24) is 19.9 Å². The van der Waals surface area contributed by atoms with E-state index in [9.17, 15) is 38.4 Å². The summed E-state index contributed by atoms with van der Waals surface area (Å²) in [5, 5.41) is 1.25. The molecule has 6 aromatic carbocycles. The summed E-state index contributed by atoms with van der Waals surface area (Å²) < 4.78 is 49.2. The molecule has 16 bridgehead atoms. The molecule has 0 saturated heterocycles. The van der Waals surface area contributed by atoms with Gasteiger partial charge in [-0.15, -0.1) is 22.7 Å². The van der Waals surface area contributed by atoms with Gasteiger partial charge in [-0.3, -0.25) is 0 Å². The van der Waals surface area contributed by atoms with Gasteiger partial charge in [-0.25, -0.2) is 38.4 Å². The molecule has 7 heterocycles. The maximum atomic E-state index is 14.9. The number of hydrogen-bond acceptors (Lipinski definition) is 18. The van der Waals surface area contributed by atoms with Crippen LogP contribution in [0.1, 0.15) is 77.6 Å². The van der Waals surface area contributed by atoms with Crippen LogP contribution in [0.3, 0.4) is 0 Å². The van der Waals surface area contributed by atoms with Crippen molar-refractivity contribution < 1.29 is 76.3 Å². The van der Waals surface area contributed by atoms with E-state index in [4.69, 9.17) is 37.9 Å². The Morgan fingerprint density at radius 1 is 0.230 bits per heavy atom. The van der Waals surface area contributed by atoms with Crippen molar-refractivity contribution >= 4 is 177 Å². The van der Waals surface area contributed by atoms with Gasteiger partial charge >= 0.3 is 47.8 Å². The Morgan fingerprint density at radius 2 is 0.402 bits per heavy atom. The fourth-order valence-corrected chi connectivity index (χ4v) is 17.1. The van der Waals surface area contributed by atoms with E-state index < -0.39 is 70.0 Å². The zero-order valence-corrected chi connectivity index (χ0v) is 71.4. The second kappa shape index (κ2) is 38.8. The maximum absolute atomic E-state index is 14.9. The van der Waals surface area contributed by atoms with Crippen LogP contribution < -0.4 is 20.9 Å². The number of ether oxygens (including phenoxy) is 8. The molecular formula is C100H92N4O16S2. The van der Waals surface area contributed by atoms with Crippen LogP contribution in [-0.2, 0) is 76.3 Å². The number of thiophene rings is 2. The van der Waals surface area contributed by atoms with E-state index in [0.29, 0.717) is 44.3 Å². The Kier molecular flexibility index (Phi) is 27.3. The lowest BCUT2D eigenvalue weighted by molar-refractivity contribution is -0.144. The Labute approximate surface area is 711 Å². The predicted molar refractivity (Wildman–Crippen MR) is 485 cm³/mol. The van der Waals surface area contributed by atoms with E-state index in [1.54, 1.807) is 128 Å². The minimum Gasteiger partial charge on any atom is -0.462 e. The lowest BCUT2D eigenvalue weighted by Gasteiger charge is -2.09. The van der Waals surface area contributed by atoms with Gasteiger partial charge in [0.05, 0.1) is 52.9 Å². The second-order valence-corrected chi connectivity index (χ2v) is 30.5. The van der Waals surface area contributed by atoms with Crippen LogP contribution >= 0.6 is 22.7 Å². The molecule has 0 radical (unpaired) electrons. The fourth-order valence-electron chi connectivity index (χ4n) is 14.7. The third-order valence-corrected chi connectivity index (χ3v) is 22.4. The standard InChI is InChI=1S/C100H92N4O16S2/c1-13-113-93(105)89(94(106)114-14-2)85-65-23-21-24-66(55-65)86(90(95(107)115-15-3)96(108)116-16-4)74-48-44-70(102-74)82(62-37-29-58(10)30-38-62)79-53-54-80(122-79)84(64-41-33-60(12)34-42-64)72-46-50-76(104-72)88(92(99(111)119-19-7)100(112)120-20-8)68-26-22-25-67(56-68)87(91(97(109)117-17-5)98(110)118-18-6)75-49-45-71(103-75)83(63-39-31-59(11)32-40-63)78-52-51-77(121-78)81(69-43-47-73(85)101-69)61-35-27-57(9)28-36-61/h21-56,101-104H,13-20H2,1-12H3. The van der Waals surface area contributed by atoms with Gasteiger partial charge in [0.25, 0.3) is 0 Å². The SMILES string of the molecule is CCOC(=O)C(C(=O)OCC)=c1c2cccc(c2)c(=C(C(=O)OCC)C(=O)OCC)c2ccc([nH]2)c(-c2ccc(C)cc2)c2ccc(s2)c(-c2ccc(C)cc2)c2ccc([nH]2)c(=C(C(=O)OCC)C(=O)OCC)c2cccc(c2)c(=C(C(=O)OCC)C(=O)OCC)c2ccc([nH]2)c(-c2ccc(C)cc2)c2ccc(s2)c(-c2ccc(C)cc2)c2ccc1[nH]2. The zero-order valence-electron chi connectivity index (χ0n) is 69.8. The number of rotatable bonds is 20. The zero-order chi connectivity index (χ0) is 86.4. The van der Waals surface area contributed by atoms with Gasteiger partial charge in [-0.1, -0.05) is 156 Å². The average molecular weight is 1670 g/mol. The monoisotopic (exact) mass is 1670 g/mol. The highest BCUT2D eigenvalue weighted by atomic mass is 32.1. The summed E-state index contributed by atoms with van der Waals surface area (Å²) in [7, 11) is 0. The molecule has 13 rings (SSSR count). The van der Waals surface area contributed by atoms with Crippen LogP contribution in [0.15, 0.2) is 218 Å². The first-order chi connectivity index (χ1) is 59.1. The Hall–Kier alpha value is -14.0. The second-order valence-electron chi connectivity index (χ2n) is 28.4. The minimum absolute atomic E-state index is 0.0547. The lowest BCUT2D eigenvalue weighted by atomic mass is 10.0. The van der Waals surface area contributed by atoms with E-state index in [1.165, 1.54) is 22.7 Å². The summed E-state index contributed by atoms with van der Waals surface area (Å²) in [5.41, 5.74) is 11.4. The minimum atomic E-state index is -0.986. The molecule has 13 aromatic rings. The first kappa shape index (κ1) is 85.9. The summed E-state index contributed by atoms with van der Waals surface area (Å²) in [6.45, 7) is 20.1. The molecule has 0 fully saturated rings. The van der Waals surface area contributed by atoms with Crippen molar-refractivity contribution in [2.75, 3.05) is 52.9 Å². The van der Waals surface area contributed by atoms with E-state index >= 15 is 0 Å². The van der Waals surface area contributed by atoms with Crippen LogP contribution in [-0.4, -0.2) is 121 Å². The van der Waals surface area contributed by atoms with Crippen molar-refractivity contribution in [3.63, 3.8) is 0 Å². The molecule has 0 amide bonds. The molecule has 20 nitrogen and oxygen atoms in total. The number of esters is 8. The van der Waals surface area contributed by atoms with Crippen LogP contribution in [0.2, 0.25) is 0 Å². The molecule has 0 atom stereocenters. The van der Waals surface area contributed by atoms with Crippen LogP contribution in [0.5, 0.6) is 0 Å². The Balaban J connectivity index is 1.34. The lowest BCUT2D eigenvalue weighted by Crippen LogP contribution is -2.26. The van der Waals surface area contributed by atoms with Gasteiger partial charge in [0.2, 0.25) is 0 Å². The van der Waals surface area contributed by atoms with Crippen molar-refractivity contribution in [1.29, 1.82) is 0 Å². The average Bonchev–Trinajstić information content (AvgIpc) is 1.62. The van der Waals surface area contributed by atoms with Crippen LogP contribution in [0.25, 0.3) is 151 Å². The molecule has 0 unspecified atom stereocenters. The topological polar surface area (TPSA) is 274 Å². The van der Waals surface area contributed by atoms with Crippen molar-refractivity contribution in [3.05, 3.63) is 262 Å². The van der Waals surface area contributed by atoms with Gasteiger partial charge in [0.15, 0.2) is 22.3 Å². The number of aryl methyl sites for hydroxylation is 4. The summed E-state index contributed by atoms with van der Waals surface area (Å²) in [5.74, 6) is -7.89. The number of aromatic nitrogens is 4. The first-order valence-corrected chi connectivity index (χ1v) is 42.1. The molecular weight excluding hydrogens is 1580 g/mol. The molecule has 0 aliphatic heterocycles. The molecule has 620 valence electrons. The molecule has 0 spiro atoms. The molecule has 4 N–H and O–H groups in total. The quantitative estimate of drug-likeness (QED) is 0.0314. The maximum Gasteiger partial charge on any atom is 0.346 e. The van der Waals surface area contributed by atoms with Gasteiger partial charge < -0.3 is 57.8 Å². The highest BCUT2D eigenvalue weighted by molar-refractivity contribution is 7.25. The van der Waals surface area contributed by atoms with E-state index in [0.717, 1.165) is 63.3 Å². The summed E-state index contributed by atoms with van der Waals surface area (Å²) in [6, 6.07) is 68.1. The number of H-pyrrole nitrogens is 4. The largest absolute Gasteiger partial charge is 0.462 e. The molecule has 22 heteroatoms. The fraction of sp³-hybridized carbons (Fsp3) is 0.200. The van der Waals surface area contributed by atoms with Gasteiger partial charge in [0.1, 0.15) is 0 Å².